The number of carbonyl (C=O) groups is 2. The largest absolute Gasteiger partial charge is 0.465 e. The highest BCUT2D eigenvalue weighted by molar-refractivity contribution is 9.10. The Morgan fingerprint density at radius 3 is 2.45 bits per heavy atom. The van der Waals surface area contributed by atoms with E-state index in [1.165, 1.54) is 12.7 Å². The molecule has 3 aromatic rings. The lowest BCUT2D eigenvalue weighted by atomic mass is 9.95. The summed E-state index contributed by atoms with van der Waals surface area (Å²) in [5, 5.41) is 0.750. The zero-order valence-corrected chi connectivity index (χ0v) is 17.9. The average Bonchev–Trinajstić information content (AvgIpc) is 3.14. The van der Waals surface area contributed by atoms with E-state index in [0.29, 0.717) is 5.56 Å². The number of hydrogen-bond acceptors (Lipinski definition) is 4. The number of nitrogens with zero attached hydrogens (tertiary/aromatic N) is 2. The lowest BCUT2D eigenvalue weighted by Crippen LogP contribution is -2.37. The van der Waals surface area contributed by atoms with Gasteiger partial charge in [-0.15, -0.1) is 0 Å². The molecule has 1 aliphatic rings. The van der Waals surface area contributed by atoms with Crippen molar-refractivity contribution in [1.82, 2.24) is 9.47 Å². The van der Waals surface area contributed by atoms with E-state index in [1.54, 1.807) is 10.8 Å². The topological polar surface area (TPSA) is 51.5 Å². The minimum atomic E-state index is -0.419. The van der Waals surface area contributed by atoms with Crippen molar-refractivity contribution in [2.45, 2.75) is 19.4 Å². The number of aromatic nitrogens is 1. The SMILES string of the molecule is COC(=O)c1cn(C(=O)C2CCN(Cc3ccc(Br)cc3)CC2)c2ccccc12. The van der Waals surface area contributed by atoms with Crippen molar-refractivity contribution < 1.29 is 14.3 Å². The molecule has 2 aromatic carbocycles. The molecule has 0 unspecified atom stereocenters. The number of piperidine rings is 1. The second kappa shape index (κ2) is 8.51. The summed E-state index contributed by atoms with van der Waals surface area (Å²) >= 11 is 3.47. The van der Waals surface area contributed by atoms with Crippen molar-refractivity contribution in [3.05, 3.63) is 70.3 Å². The molecular formula is C23H23BrN2O3. The number of benzene rings is 2. The van der Waals surface area contributed by atoms with Gasteiger partial charge in [0, 0.05) is 28.5 Å². The van der Waals surface area contributed by atoms with Crippen LogP contribution in [-0.2, 0) is 11.3 Å². The number of halogens is 1. The molecule has 29 heavy (non-hydrogen) atoms. The van der Waals surface area contributed by atoms with E-state index in [0.717, 1.165) is 47.9 Å². The number of hydrogen-bond donors (Lipinski definition) is 0. The molecule has 0 bridgehead atoms. The van der Waals surface area contributed by atoms with Gasteiger partial charge in [0.05, 0.1) is 18.2 Å². The van der Waals surface area contributed by atoms with Crippen molar-refractivity contribution in [2.24, 2.45) is 5.92 Å². The van der Waals surface area contributed by atoms with Gasteiger partial charge in [-0.25, -0.2) is 4.79 Å². The molecule has 1 saturated heterocycles. The van der Waals surface area contributed by atoms with Gasteiger partial charge in [-0.2, -0.15) is 0 Å². The predicted molar refractivity (Wildman–Crippen MR) is 116 cm³/mol. The summed E-state index contributed by atoms with van der Waals surface area (Å²) in [7, 11) is 1.36. The summed E-state index contributed by atoms with van der Waals surface area (Å²) in [4.78, 5) is 27.7. The first kappa shape index (κ1) is 19.9. The van der Waals surface area contributed by atoms with Crippen LogP contribution in [0.5, 0.6) is 0 Å². The van der Waals surface area contributed by atoms with Gasteiger partial charge in [0.1, 0.15) is 0 Å². The third-order valence-corrected chi connectivity index (χ3v) is 6.14. The smallest absolute Gasteiger partial charge is 0.340 e. The molecule has 2 heterocycles. The zero-order chi connectivity index (χ0) is 20.4. The van der Waals surface area contributed by atoms with Crippen LogP contribution in [0.1, 0.15) is 33.6 Å². The number of esters is 1. The molecule has 0 saturated carbocycles. The summed E-state index contributed by atoms with van der Waals surface area (Å²) in [6, 6.07) is 15.8. The van der Waals surface area contributed by atoms with E-state index < -0.39 is 5.97 Å². The first-order valence-electron chi connectivity index (χ1n) is 9.76. The van der Waals surface area contributed by atoms with E-state index in [9.17, 15) is 9.59 Å². The van der Waals surface area contributed by atoms with Crippen LogP contribution in [0.25, 0.3) is 10.9 Å². The van der Waals surface area contributed by atoms with Gasteiger partial charge in [-0.05, 0) is 49.7 Å². The van der Waals surface area contributed by atoms with E-state index in [1.807, 2.05) is 24.3 Å². The molecule has 1 aliphatic heterocycles. The van der Waals surface area contributed by atoms with Crippen molar-refractivity contribution in [3.63, 3.8) is 0 Å². The van der Waals surface area contributed by atoms with E-state index in [2.05, 4.69) is 45.1 Å². The zero-order valence-electron chi connectivity index (χ0n) is 16.3. The highest BCUT2D eigenvalue weighted by atomic mass is 79.9. The lowest BCUT2D eigenvalue weighted by molar-refractivity contribution is 0.0603. The van der Waals surface area contributed by atoms with Crippen LogP contribution in [0, 0.1) is 5.92 Å². The van der Waals surface area contributed by atoms with Crippen LogP contribution in [0.15, 0.2) is 59.2 Å². The van der Waals surface area contributed by atoms with Crippen LogP contribution in [0.4, 0.5) is 0 Å². The fourth-order valence-corrected chi connectivity index (χ4v) is 4.28. The van der Waals surface area contributed by atoms with Gasteiger partial charge in [-0.1, -0.05) is 46.3 Å². The number of fused-ring (bicyclic) bond motifs is 1. The van der Waals surface area contributed by atoms with Gasteiger partial charge < -0.3 is 4.74 Å². The summed E-state index contributed by atoms with van der Waals surface area (Å²) in [6.45, 7) is 2.66. The first-order chi connectivity index (χ1) is 14.1. The molecular weight excluding hydrogens is 432 g/mol. The molecule has 1 aromatic heterocycles. The predicted octanol–water partition coefficient (Wildman–Crippen LogP) is 4.74. The van der Waals surface area contributed by atoms with Crippen molar-refractivity contribution in [2.75, 3.05) is 20.2 Å². The van der Waals surface area contributed by atoms with Crippen LogP contribution >= 0.6 is 15.9 Å². The highest BCUT2D eigenvalue weighted by Gasteiger charge is 2.28. The molecule has 6 heteroatoms. The number of rotatable bonds is 4. The Hall–Kier alpha value is -2.44. The minimum Gasteiger partial charge on any atom is -0.465 e. The molecule has 0 spiro atoms. The molecule has 1 fully saturated rings. The third kappa shape index (κ3) is 4.14. The number of para-hydroxylation sites is 1. The normalized spacial score (nSPS) is 15.5. The van der Waals surface area contributed by atoms with Crippen molar-refractivity contribution in [1.29, 1.82) is 0 Å². The van der Waals surface area contributed by atoms with Crippen LogP contribution in [-0.4, -0.2) is 41.5 Å². The Balaban J connectivity index is 1.47. The van der Waals surface area contributed by atoms with E-state index in [4.69, 9.17) is 4.74 Å². The van der Waals surface area contributed by atoms with Crippen LogP contribution < -0.4 is 0 Å². The molecule has 4 rings (SSSR count). The van der Waals surface area contributed by atoms with Crippen LogP contribution in [0.2, 0.25) is 0 Å². The van der Waals surface area contributed by atoms with Crippen LogP contribution in [0.3, 0.4) is 0 Å². The monoisotopic (exact) mass is 454 g/mol. The maximum Gasteiger partial charge on any atom is 0.340 e. The van der Waals surface area contributed by atoms with Gasteiger partial charge in [0.25, 0.3) is 0 Å². The second-order valence-electron chi connectivity index (χ2n) is 7.44. The summed E-state index contributed by atoms with van der Waals surface area (Å²) in [5.74, 6) is -0.408. The van der Waals surface area contributed by atoms with Gasteiger partial charge in [0.2, 0.25) is 5.91 Å². The van der Waals surface area contributed by atoms with Crippen molar-refractivity contribution in [3.8, 4) is 0 Å². The molecule has 0 amide bonds. The second-order valence-corrected chi connectivity index (χ2v) is 8.35. The molecule has 0 N–H and O–H groups in total. The highest BCUT2D eigenvalue weighted by Crippen LogP contribution is 2.27. The van der Waals surface area contributed by atoms with Gasteiger partial charge in [0.15, 0.2) is 0 Å². The maximum absolute atomic E-state index is 13.2. The van der Waals surface area contributed by atoms with Crippen molar-refractivity contribution >= 4 is 38.7 Å². The standard InChI is InChI=1S/C23H23BrN2O3/c1-29-23(28)20-15-26(21-5-3-2-4-19(20)21)22(27)17-10-12-25(13-11-17)14-16-6-8-18(24)9-7-16/h2-9,15,17H,10-14H2,1H3. The molecule has 0 atom stereocenters. The summed E-state index contributed by atoms with van der Waals surface area (Å²) in [5.41, 5.74) is 2.47. The molecule has 5 nitrogen and oxygen atoms in total. The minimum absolute atomic E-state index is 0.0440. The number of ether oxygens (including phenoxy) is 1. The lowest BCUT2D eigenvalue weighted by Gasteiger charge is -2.31. The van der Waals surface area contributed by atoms with Gasteiger partial charge >= 0.3 is 5.97 Å². The summed E-state index contributed by atoms with van der Waals surface area (Å²) in [6.07, 6.45) is 3.26. The Labute approximate surface area is 178 Å². The Bertz CT molecular complexity index is 1030. The van der Waals surface area contributed by atoms with E-state index in [-0.39, 0.29) is 11.8 Å². The third-order valence-electron chi connectivity index (χ3n) is 5.61. The van der Waals surface area contributed by atoms with Gasteiger partial charge in [-0.3, -0.25) is 14.3 Å². The van der Waals surface area contributed by atoms with E-state index >= 15 is 0 Å². The Morgan fingerprint density at radius 1 is 1.07 bits per heavy atom. The Morgan fingerprint density at radius 2 is 1.76 bits per heavy atom. The Kier molecular flexibility index (Phi) is 5.83. The first-order valence-corrected chi connectivity index (χ1v) is 10.6. The number of methoxy groups -OCH3 is 1. The molecule has 0 radical (unpaired) electrons. The summed E-state index contributed by atoms with van der Waals surface area (Å²) < 4.78 is 7.60. The maximum atomic E-state index is 13.2. The quantitative estimate of drug-likeness (QED) is 0.534. The average molecular weight is 455 g/mol. The fourth-order valence-electron chi connectivity index (χ4n) is 4.02. The fraction of sp³-hybridized carbons (Fsp3) is 0.304. The number of carbonyl (C=O) groups excluding carboxylic acids is 2. The number of likely N-dealkylation sites (tertiary alicyclic amines) is 1. The molecule has 0 aliphatic carbocycles. The molecule has 150 valence electrons.